The lowest BCUT2D eigenvalue weighted by atomic mass is 10.1. The molecule has 0 saturated carbocycles. The maximum Gasteiger partial charge on any atom is 0.240 e. The summed E-state index contributed by atoms with van der Waals surface area (Å²) in [4.78, 5) is 19.8. The summed E-state index contributed by atoms with van der Waals surface area (Å²) in [5.41, 5.74) is 1.24. The predicted molar refractivity (Wildman–Crippen MR) is 98.0 cm³/mol. The van der Waals surface area contributed by atoms with Crippen LogP contribution >= 0.6 is 27.3 Å². The van der Waals surface area contributed by atoms with Gasteiger partial charge in [0.25, 0.3) is 0 Å². The highest BCUT2D eigenvalue weighted by Gasteiger charge is 2.14. The van der Waals surface area contributed by atoms with Crippen LogP contribution in [0.25, 0.3) is 0 Å². The number of nitrogens with one attached hydrogen (secondary N) is 1. The van der Waals surface area contributed by atoms with Crippen molar-refractivity contribution < 1.29 is 4.79 Å². The van der Waals surface area contributed by atoms with Crippen LogP contribution in [-0.4, -0.2) is 35.4 Å². The number of likely N-dealkylation sites (tertiary alicyclic amines) is 1. The summed E-state index contributed by atoms with van der Waals surface area (Å²) >= 11 is 4.99. The van der Waals surface area contributed by atoms with Crippen molar-refractivity contribution in [3.8, 4) is 0 Å². The third-order valence-corrected chi connectivity index (χ3v) is 5.35. The number of thiazole rings is 1. The summed E-state index contributed by atoms with van der Waals surface area (Å²) in [5, 5.41) is 3.62. The Labute approximate surface area is 149 Å². The molecule has 1 saturated heterocycles. The molecule has 2 aromatic rings. The fourth-order valence-corrected chi connectivity index (χ4v) is 3.86. The van der Waals surface area contributed by atoms with Crippen molar-refractivity contribution in [2.24, 2.45) is 0 Å². The molecule has 6 heteroatoms. The Kier molecular flexibility index (Phi) is 5.80. The van der Waals surface area contributed by atoms with Crippen molar-refractivity contribution >= 4 is 38.3 Å². The summed E-state index contributed by atoms with van der Waals surface area (Å²) in [6.07, 6.45) is 6.36. The second kappa shape index (κ2) is 8.04. The molecule has 0 atom stereocenters. The molecule has 1 fully saturated rings. The van der Waals surface area contributed by atoms with Crippen molar-refractivity contribution in [2.75, 3.05) is 25.0 Å². The maximum absolute atomic E-state index is 12.1. The lowest BCUT2D eigenvalue weighted by molar-refractivity contribution is -0.117. The van der Waals surface area contributed by atoms with Gasteiger partial charge in [0.2, 0.25) is 5.91 Å². The Bertz CT molecular complexity index is 650. The minimum atomic E-state index is 0.0384. The monoisotopic (exact) mass is 393 g/mol. The first-order valence-corrected chi connectivity index (χ1v) is 9.51. The molecule has 1 N–H and O–H groups in total. The first-order valence-electron chi connectivity index (χ1n) is 7.90. The molecule has 0 aliphatic carbocycles. The van der Waals surface area contributed by atoms with Crippen molar-refractivity contribution in [3.63, 3.8) is 0 Å². The van der Waals surface area contributed by atoms with E-state index in [4.69, 9.17) is 0 Å². The number of halogens is 1. The number of amides is 1. The first kappa shape index (κ1) is 16.6. The van der Waals surface area contributed by atoms with Crippen molar-refractivity contribution in [1.82, 2.24) is 9.88 Å². The van der Waals surface area contributed by atoms with Gasteiger partial charge in [-0.15, -0.1) is 11.3 Å². The van der Waals surface area contributed by atoms with Gasteiger partial charge in [0.05, 0.1) is 6.54 Å². The number of piperidine rings is 1. The second-order valence-electron chi connectivity index (χ2n) is 5.82. The highest BCUT2D eigenvalue weighted by Crippen LogP contribution is 2.22. The van der Waals surface area contributed by atoms with E-state index in [0.29, 0.717) is 11.7 Å². The highest BCUT2D eigenvalue weighted by atomic mass is 79.9. The molecule has 0 radical (unpaired) electrons. The molecule has 2 heterocycles. The zero-order valence-electron chi connectivity index (χ0n) is 12.9. The lowest BCUT2D eigenvalue weighted by Crippen LogP contribution is -2.36. The molecule has 23 heavy (non-hydrogen) atoms. The minimum Gasteiger partial charge on any atom is -0.301 e. The molecule has 1 aliphatic rings. The summed E-state index contributed by atoms with van der Waals surface area (Å²) in [6, 6.07) is 8.27. The van der Waals surface area contributed by atoms with Crippen molar-refractivity contribution in [2.45, 2.75) is 25.7 Å². The van der Waals surface area contributed by atoms with Crippen LogP contribution in [0.1, 0.15) is 29.7 Å². The Morgan fingerprint density at radius 3 is 2.70 bits per heavy atom. The van der Waals surface area contributed by atoms with Gasteiger partial charge in [0.15, 0.2) is 5.13 Å². The summed E-state index contributed by atoms with van der Waals surface area (Å²) in [5.74, 6) is 0.0384. The van der Waals surface area contributed by atoms with E-state index in [2.05, 4.69) is 43.3 Å². The molecule has 0 bridgehead atoms. The molecule has 0 spiro atoms. The van der Waals surface area contributed by atoms with Gasteiger partial charge in [-0.2, -0.15) is 0 Å². The van der Waals surface area contributed by atoms with Crippen LogP contribution in [0.3, 0.4) is 0 Å². The third kappa shape index (κ3) is 5.12. The number of benzene rings is 1. The van der Waals surface area contributed by atoms with Crippen LogP contribution in [0.5, 0.6) is 0 Å². The van der Waals surface area contributed by atoms with E-state index in [1.807, 2.05) is 18.3 Å². The van der Waals surface area contributed by atoms with Crippen molar-refractivity contribution in [1.29, 1.82) is 0 Å². The lowest BCUT2D eigenvalue weighted by Gasteiger charge is -2.25. The largest absolute Gasteiger partial charge is 0.301 e. The molecule has 4 nitrogen and oxygen atoms in total. The predicted octanol–water partition coefficient (Wildman–Crippen LogP) is 3.92. The maximum atomic E-state index is 12.1. The molecule has 1 aliphatic heterocycles. The summed E-state index contributed by atoms with van der Waals surface area (Å²) < 4.78 is 1.08. The number of rotatable bonds is 5. The van der Waals surface area contributed by atoms with Crippen LogP contribution in [0.2, 0.25) is 0 Å². The number of nitrogens with zero attached hydrogens (tertiary/aromatic N) is 2. The van der Waals surface area contributed by atoms with Crippen LogP contribution in [0.4, 0.5) is 5.13 Å². The molecular weight excluding hydrogens is 374 g/mol. The summed E-state index contributed by atoms with van der Waals surface area (Å²) in [6.45, 7) is 2.53. The number of hydrogen-bond donors (Lipinski definition) is 1. The van der Waals surface area contributed by atoms with Gasteiger partial charge in [0, 0.05) is 22.0 Å². The fraction of sp³-hybridized carbons (Fsp3) is 0.412. The normalized spacial score (nSPS) is 15.5. The Morgan fingerprint density at radius 1 is 1.22 bits per heavy atom. The van der Waals surface area contributed by atoms with Crippen LogP contribution in [-0.2, 0) is 11.2 Å². The molecular formula is C17H20BrN3OS. The molecule has 1 aromatic carbocycles. The standard InChI is InChI=1S/C17H20BrN3OS/c18-14-6-4-13(5-7-14)10-15-11-19-17(23-15)20-16(22)12-21-8-2-1-3-9-21/h4-7,11H,1-3,8-10,12H2,(H,19,20,22). The van der Waals surface area contributed by atoms with E-state index in [1.54, 1.807) is 11.3 Å². The van der Waals surface area contributed by atoms with E-state index < -0.39 is 0 Å². The third-order valence-electron chi connectivity index (χ3n) is 3.91. The number of carbonyl (C=O) groups is 1. The van der Waals surface area contributed by atoms with Gasteiger partial charge in [-0.1, -0.05) is 34.5 Å². The Hall–Kier alpha value is -1.24. The van der Waals surface area contributed by atoms with Gasteiger partial charge in [0.1, 0.15) is 0 Å². The van der Waals surface area contributed by atoms with Crippen LogP contribution in [0.15, 0.2) is 34.9 Å². The zero-order valence-corrected chi connectivity index (χ0v) is 15.3. The van der Waals surface area contributed by atoms with E-state index >= 15 is 0 Å². The summed E-state index contributed by atoms with van der Waals surface area (Å²) in [7, 11) is 0. The Balaban J connectivity index is 1.52. The van der Waals surface area contributed by atoms with Gasteiger partial charge >= 0.3 is 0 Å². The van der Waals surface area contributed by atoms with Gasteiger partial charge in [-0.25, -0.2) is 4.98 Å². The van der Waals surface area contributed by atoms with Gasteiger partial charge < -0.3 is 5.32 Å². The smallest absolute Gasteiger partial charge is 0.240 e. The van der Waals surface area contributed by atoms with E-state index in [1.165, 1.54) is 24.8 Å². The average Bonchev–Trinajstić information content (AvgIpc) is 2.97. The fourth-order valence-electron chi connectivity index (χ4n) is 2.73. The second-order valence-corrected chi connectivity index (χ2v) is 7.85. The molecule has 1 amide bonds. The van der Waals surface area contributed by atoms with E-state index in [-0.39, 0.29) is 5.91 Å². The van der Waals surface area contributed by atoms with Crippen LogP contribution in [0, 0.1) is 0 Å². The quantitative estimate of drug-likeness (QED) is 0.836. The number of carbonyl (C=O) groups excluding carboxylic acids is 1. The highest BCUT2D eigenvalue weighted by molar-refractivity contribution is 9.10. The number of hydrogen-bond acceptors (Lipinski definition) is 4. The minimum absolute atomic E-state index is 0.0384. The average molecular weight is 394 g/mol. The van der Waals surface area contributed by atoms with Crippen LogP contribution < -0.4 is 5.32 Å². The van der Waals surface area contributed by atoms with Crippen molar-refractivity contribution in [3.05, 3.63) is 45.4 Å². The molecule has 1 aromatic heterocycles. The zero-order chi connectivity index (χ0) is 16.1. The van der Waals surface area contributed by atoms with E-state index in [0.717, 1.165) is 28.9 Å². The number of aromatic nitrogens is 1. The molecule has 122 valence electrons. The molecule has 0 unspecified atom stereocenters. The van der Waals surface area contributed by atoms with Gasteiger partial charge in [-0.05, 0) is 43.6 Å². The van der Waals surface area contributed by atoms with E-state index in [9.17, 15) is 4.79 Å². The SMILES string of the molecule is O=C(CN1CCCCC1)Nc1ncc(Cc2ccc(Br)cc2)s1. The Morgan fingerprint density at radius 2 is 1.96 bits per heavy atom. The topological polar surface area (TPSA) is 45.2 Å². The molecule has 3 rings (SSSR count). The van der Waals surface area contributed by atoms with Gasteiger partial charge in [-0.3, -0.25) is 9.69 Å². The number of anilines is 1. The first-order chi connectivity index (χ1) is 11.2.